The molecule has 0 saturated carbocycles. The van der Waals surface area contributed by atoms with Crippen molar-refractivity contribution in [3.05, 3.63) is 0 Å². The van der Waals surface area contributed by atoms with E-state index >= 15 is 0 Å². The van der Waals surface area contributed by atoms with Gasteiger partial charge < -0.3 is 4.90 Å². The van der Waals surface area contributed by atoms with Gasteiger partial charge >= 0.3 is 0 Å². The second-order valence-electron chi connectivity index (χ2n) is 3.02. The first-order valence-corrected chi connectivity index (χ1v) is 3.76. The lowest BCUT2D eigenvalue weighted by molar-refractivity contribution is 0.374. The summed E-state index contributed by atoms with van der Waals surface area (Å²) in [5, 5.41) is 0.292. The van der Waals surface area contributed by atoms with Crippen LogP contribution in [-0.4, -0.2) is 30.9 Å². The highest BCUT2D eigenvalue weighted by molar-refractivity contribution is 6.20. The Kier molecular flexibility index (Phi) is 4.24. The maximum Gasteiger partial charge on any atom is 0.0485 e. The van der Waals surface area contributed by atoms with Crippen molar-refractivity contribution in [2.24, 2.45) is 5.92 Å². The Hall–Kier alpha value is 0.250. The molecule has 0 aliphatic rings. The van der Waals surface area contributed by atoms with E-state index < -0.39 is 0 Å². The lowest BCUT2D eigenvalue weighted by atomic mass is 10.1. The summed E-state index contributed by atoms with van der Waals surface area (Å²) in [6.07, 6.45) is 0. The zero-order valence-corrected chi connectivity index (χ0v) is 7.44. The second-order valence-corrected chi connectivity index (χ2v) is 3.58. The summed E-state index contributed by atoms with van der Waals surface area (Å²) in [6, 6.07) is 0. The summed E-state index contributed by atoms with van der Waals surface area (Å²) < 4.78 is 0. The summed E-state index contributed by atoms with van der Waals surface area (Å²) >= 11 is 5.97. The average molecular weight is 150 g/mol. The highest BCUT2D eigenvalue weighted by atomic mass is 35.5. The Bertz CT molecular complexity index is 71.3. The number of hydrogen-bond donors (Lipinski definition) is 0. The van der Waals surface area contributed by atoms with Crippen LogP contribution in [0.15, 0.2) is 0 Å². The number of halogens is 1. The van der Waals surface area contributed by atoms with Crippen molar-refractivity contribution in [2.75, 3.05) is 20.6 Å². The molecule has 2 heteroatoms. The van der Waals surface area contributed by atoms with Crippen LogP contribution < -0.4 is 0 Å². The first-order valence-electron chi connectivity index (χ1n) is 3.33. The molecule has 56 valence electrons. The summed E-state index contributed by atoms with van der Waals surface area (Å²) in [5.41, 5.74) is 0. The summed E-state index contributed by atoms with van der Waals surface area (Å²) in [6.45, 7) is 5.25. The molecule has 0 spiro atoms. The lowest BCUT2D eigenvalue weighted by Crippen LogP contribution is -2.25. The molecule has 1 unspecified atom stereocenters. The zero-order valence-electron chi connectivity index (χ0n) is 6.69. The molecule has 1 atom stereocenters. The topological polar surface area (TPSA) is 3.24 Å². The van der Waals surface area contributed by atoms with E-state index in [4.69, 9.17) is 11.6 Å². The van der Waals surface area contributed by atoms with Crippen molar-refractivity contribution in [1.82, 2.24) is 4.90 Å². The molecule has 0 amide bonds. The average Bonchev–Trinajstić information content (AvgIpc) is 1.63. The fraction of sp³-hybridized carbons (Fsp3) is 1.00. The van der Waals surface area contributed by atoms with E-state index in [0.717, 1.165) is 6.54 Å². The Morgan fingerprint density at radius 2 is 1.78 bits per heavy atom. The van der Waals surface area contributed by atoms with Crippen LogP contribution in [0.4, 0.5) is 0 Å². The molecule has 0 heterocycles. The van der Waals surface area contributed by atoms with Crippen molar-refractivity contribution in [1.29, 1.82) is 0 Å². The standard InChI is InChI=1S/C7H16ClN/c1-6(2)7(8)5-9(3)4/h6-7H,5H2,1-4H3. The zero-order chi connectivity index (χ0) is 7.44. The van der Waals surface area contributed by atoms with Gasteiger partial charge in [0.05, 0.1) is 0 Å². The van der Waals surface area contributed by atoms with Crippen molar-refractivity contribution in [2.45, 2.75) is 19.2 Å². The molecule has 1 nitrogen and oxygen atoms in total. The van der Waals surface area contributed by atoms with Gasteiger partial charge in [0.1, 0.15) is 0 Å². The van der Waals surface area contributed by atoms with Crippen molar-refractivity contribution in [3.8, 4) is 0 Å². The molecule has 0 rings (SSSR count). The quantitative estimate of drug-likeness (QED) is 0.554. The fourth-order valence-electron chi connectivity index (χ4n) is 0.560. The van der Waals surface area contributed by atoms with E-state index in [2.05, 4.69) is 18.7 Å². The molecule has 0 bridgehead atoms. The van der Waals surface area contributed by atoms with Gasteiger partial charge in [-0.05, 0) is 20.0 Å². The minimum absolute atomic E-state index is 0.292. The lowest BCUT2D eigenvalue weighted by Gasteiger charge is -2.17. The smallest absolute Gasteiger partial charge is 0.0485 e. The van der Waals surface area contributed by atoms with Gasteiger partial charge in [-0.1, -0.05) is 13.8 Å². The highest BCUT2D eigenvalue weighted by Crippen LogP contribution is 2.09. The van der Waals surface area contributed by atoms with E-state index in [1.54, 1.807) is 0 Å². The van der Waals surface area contributed by atoms with Gasteiger partial charge in [0.25, 0.3) is 0 Å². The third-order valence-corrected chi connectivity index (χ3v) is 1.90. The molecule has 0 fully saturated rings. The number of hydrogen-bond acceptors (Lipinski definition) is 1. The normalized spacial score (nSPS) is 15.0. The van der Waals surface area contributed by atoms with Crippen LogP contribution in [0.1, 0.15) is 13.8 Å². The van der Waals surface area contributed by atoms with Crippen molar-refractivity contribution >= 4 is 11.6 Å². The molecule has 0 saturated heterocycles. The first kappa shape index (κ1) is 9.25. The fourth-order valence-corrected chi connectivity index (χ4v) is 0.836. The monoisotopic (exact) mass is 149 g/mol. The van der Waals surface area contributed by atoms with E-state index in [9.17, 15) is 0 Å². The molecular formula is C7H16ClN. The minimum atomic E-state index is 0.292. The largest absolute Gasteiger partial charge is 0.308 e. The van der Waals surface area contributed by atoms with Crippen molar-refractivity contribution < 1.29 is 0 Å². The predicted octanol–water partition coefficient (Wildman–Crippen LogP) is 1.81. The third-order valence-electron chi connectivity index (χ3n) is 1.26. The SMILES string of the molecule is CC(C)C(Cl)CN(C)C. The molecule has 0 N–H and O–H groups in total. The van der Waals surface area contributed by atoms with Gasteiger partial charge in [0.15, 0.2) is 0 Å². The second kappa shape index (κ2) is 4.13. The molecule has 0 aliphatic heterocycles. The van der Waals surface area contributed by atoms with Gasteiger partial charge in [-0.2, -0.15) is 0 Å². The van der Waals surface area contributed by atoms with Gasteiger partial charge in [-0.3, -0.25) is 0 Å². The Morgan fingerprint density at radius 1 is 1.33 bits per heavy atom. The van der Waals surface area contributed by atoms with E-state index in [0.29, 0.717) is 11.3 Å². The maximum atomic E-state index is 5.97. The van der Waals surface area contributed by atoms with Crippen LogP contribution in [0.25, 0.3) is 0 Å². The number of rotatable bonds is 3. The van der Waals surface area contributed by atoms with E-state index in [1.807, 2.05) is 14.1 Å². The molecule has 0 radical (unpaired) electrons. The van der Waals surface area contributed by atoms with E-state index in [-0.39, 0.29) is 0 Å². The summed E-state index contributed by atoms with van der Waals surface area (Å²) in [4.78, 5) is 2.11. The van der Waals surface area contributed by atoms with Gasteiger partial charge in [-0.15, -0.1) is 11.6 Å². The third kappa shape index (κ3) is 4.73. The maximum absolute atomic E-state index is 5.97. The Labute approximate surface area is 63.0 Å². The molecule has 0 aromatic carbocycles. The van der Waals surface area contributed by atoms with Crippen molar-refractivity contribution in [3.63, 3.8) is 0 Å². The molecule has 0 aliphatic carbocycles. The molecule has 9 heavy (non-hydrogen) atoms. The van der Waals surface area contributed by atoms with Crippen LogP contribution in [-0.2, 0) is 0 Å². The Morgan fingerprint density at radius 3 is 1.89 bits per heavy atom. The highest BCUT2D eigenvalue weighted by Gasteiger charge is 2.09. The Balaban J connectivity index is 3.38. The first-order chi connectivity index (χ1) is 4.04. The summed E-state index contributed by atoms with van der Waals surface area (Å²) in [5.74, 6) is 0.578. The van der Waals surface area contributed by atoms with Crippen LogP contribution >= 0.6 is 11.6 Å². The molecule has 0 aromatic rings. The van der Waals surface area contributed by atoms with E-state index in [1.165, 1.54) is 0 Å². The molecular weight excluding hydrogens is 134 g/mol. The number of nitrogens with zero attached hydrogens (tertiary/aromatic N) is 1. The van der Waals surface area contributed by atoms with Gasteiger partial charge in [0.2, 0.25) is 0 Å². The van der Waals surface area contributed by atoms with Crippen LogP contribution in [0, 0.1) is 5.92 Å². The summed E-state index contributed by atoms with van der Waals surface area (Å²) in [7, 11) is 4.08. The van der Waals surface area contributed by atoms with Crippen LogP contribution in [0.5, 0.6) is 0 Å². The predicted molar refractivity (Wildman–Crippen MR) is 43.0 cm³/mol. The van der Waals surface area contributed by atoms with Gasteiger partial charge in [0, 0.05) is 11.9 Å². The molecule has 0 aromatic heterocycles. The van der Waals surface area contributed by atoms with Crippen LogP contribution in [0.2, 0.25) is 0 Å². The number of alkyl halides is 1. The minimum Gasteiger partial charge on any atom is -0.308 e. The van der Waals surface area contributed by atoms with Crippen LogP contribution in [0.3, 0.4) is 0 Å². The van der Waals surface area contributed by atoms with Gasteiger partial charge in [-0.25, -0.2) is 0 Å².